The maximum absolute atomic E-state index is 12.6. The molecule has 8 heteroatoms. The third kappa shape index (κ3) is 4.51. The van der Waals surface area contributed by atoms with Gasteiger partial charge in [-0.25, -0.2) is 4.79 Å². The molecule has 0 bridgehead atoms. The van der Waals surface area contributed by atoms with E-state index in [4.69, 9.17) is 24.2 Å². The highest BCUT2D eigenvalue weighted by molar-refractivity contribution is 5.99. The maximum atomic E-state index is 12.6. The first-order valence-electron chi connectivity index (χ1n) is 8.26. The summed E-state index contributed by atoms with van der Waals surface area (Å²) in [5.41, 5.74) is 0.717. The highest BCUT2D eigenvalue weighted by Crippen LogP contribution is 2.35. The summed E-state index contributed by atoms with van der Waals surface area (Å²) in [7, 11) is 4.29. The average molecular weight is 384 g/mol. The molecule has 0 aromatic heterocycles. The van der Waals surface area contributed by atoms with Crippen LogP contribution in [-0.4, -0.2) is 39.3 Å². The summed E-state index contributed by atoms with van der Waals surface area (Å²) in [5, 5.41) is 11.7. The number of amides is 1. The highest BCUT2D eigenvalue weighted by atomic mass is 16.6. The second-order valence-electron chi connectivity index (χ2n) is 5.60. The molecule has 0 saturated carbocycles. The standard InChI is InChI=1S/C20H20N2O6/c1-12(19(23)22-15-8-6-5-7-13(15)11-21)28-20(24)14-9-17(26-3)18(27-4)10-16(14)25-2/h5-10,12H,1-4H3,(H,22,23)/t12-/m0/s1. The first-order chi connectivity index (χ1) is 13.4. The van der Waals surface area contributed by atoms with Crippen molar-refractivity contribution in [3.05, 3.63) is 47.5 Å². The molecule has 0 aliphatic heterocycles. The van der Waals surface area contributed by atoms with Crippen molar-refractivity contribution in [2.24, 2.45) is 0 Å². The molecule has 0 fully saturated rings. The number of esters is 1. The van der Waals surface area contributed by atoms with Crippen LogP contribution < -0.4 is 19.5 Å². The quantitative estimate of drug-likeness (QED) is 0.732. The number of nitrogens with zero attached hydrogens (tertiary/aromatic N) is 1. The topological polar surface area (TPSA) is 107 Å². The monoisotopic (exact) mass is 384 g/mol. The molecule has 1 amide bonds. The van der Waals surface area contributed by atoms with Crippen LogP contribution in [-0.2, 0) is 9.53 Å². The van der Waals surface area contributed by atoms with Crippen molar-refractivity contribution in [3.8, 4) is 23.3 Å². The molecule has 0 spiro atoms. The summed E-state index contributed by atoms with van der Waals surface area (Å²) in [6.07, 6.45) is -1.11. The first-order valence-corrected chi connectivity index (χ1v) is 8.26. The Morgan fingerprint density at radius 1 is 1.00 bits per heavy atom. The Balaban J connectivity index is 2.17. The number of hydrogen-bond donors (Lipinski definition) is 1. The molecule has 0 unspecified atom stereocenters. The Bertz CT molecular complexity index is 919. The zero-order valence-electron chi connectivity index (χ0n) is 15.9. The molecular weight excluding hydrogens is 364 g/mol. The molecule has 146 valence electrons. The van der Waals surface area contributed by atoms with Gasteiger partial charge in [0.25, 0.3) is 5.91 Å². The minimum absolute atomic E-state index is 0.0808. The summed E-state index contributed by atoms with van der Waals surface area (Å²) in [4.78, 5) is 24.9. The van der Waals surface area contributed by atoms with Crippen molar-refractivity contribution in [3.63, 3.8) is 0 Å². The second-order valence-corrected chi connectivity index (χ2v) is 5.60. The van der Waals surface area contributed by atoms with Crippen molar-refractivity contribution >= 4 is 17.6 Å². The number of hydrogen-bond acceptors (Lipinski definition) is 7. The van der Waals surface area contributed by atoms with Crippen LogP contribution in [0.1, 0.15) is 22.8 Å². The number of carbonyl (C=O) groups excluding carboxylic acids is 2. The van der Waals surface area contributed by atoms with Crippen LogP contribution in [0.25, 0.3) is 0 Å². The lowest BCUT2D eigenvalue weighted by molar-refractivity contribution is -0.123. The van der Waals surface area contributed by atoms with E-state index in [2.05, 4.69) is 5.32 Å². The van der Waals surface area contributed by atoms with Crippen molar-refractivity contribution in [1.82, 2.24) is 0 Å². The van der Waals surface area contributed by atoms with Gasteiger partial charge in [-0.15, -0.1) is 0 Å². The van der Waals surface area contributed by atoms with Crippen molar-refractivity contribution in [2.75, 3.05) is 26.6 Å². The van der Waals surface area contributed by atoms with Crippen LogP contribution in [0.5, 0.6) is 17.2 Å². The molecular formula is C20H20N2O6. The van der Waals surface area contributed by atoms with Crippen LogP contribution in [0.4, 0.5) is 5.69 Å². The van der Waals surface area contributed by atoms with E-state index in [1.807, 2.05) is 6.07 Å². The summed E-state index contributed by atoms with van der Waals surface area (Å²) < 4.78 is 20.8. The summed E-state index contributed by atoms with van der Waals surface area (Å²) in [6, 6.07) is 11.4. The van der Waals surface area contributed by atoms with E-state index in [1.165, 1.54) is 40.4 Å². The molecule has 0 aliphatic carbocycles. The van der Waals surface area contributed by atoms with Gasteiger partial charge >= 0.3 is 5.97 Å². The van der Waals surface area contributed by atoms with E-state index in [-0.39, 0.29) is 11.3 Å². The van der Waals surface area contributed by atoms with Gasteiger partial charge in [-0.2, -0.15) is 5.26 Å². The Morgan fingerprint density at radius 3 is 2.21 bits per heavy atom. The normalized spacial score (nSPS) is 11.0. The van der Waals surface area contributed by atoms with Gasteiger partial charge in [0.05, 0.1) is 32.6 Å². The fourth-order valence-electron chi connectivity index (χ4n) is 2.39. The third-order valence-corrected chi connectivity index (χ3v) is 3.88. The molecule has 1 N–H and O–H groups in total. The molecule has 28 heavy (non-hydrogen) atoms. The number of ether oxygens (including phenoxy) is 4. The number of rotatable bonds is 7. The zero-order valence-corrected chi connectivity index (χ0v) is 15.9. The molecule has 0 saturated heterocycles. The third-order valence-electron chi connectivity index (χ3n) is 3.88. The van der Waals surface area contributed by atoms with E-state index in [0.29, 0.717) is 22.7 Å². The van der Waals surface area contributed by atoms with Crippen LogP contribution in [0, 0.1) is 11.3 Å². The van der Waals surface area contributed by atoms with Gasteiger partial charge in [-0.3, -0.25) is 4.79 Å². The van der Waals surface area contributed by atoms with Crippen molar-refractivity contribution in [2.45, 2.75) is 13.0 Å². The predicted molar refractivity (Wildman–Crippen MR) is 101 cm³/mol. The predicted octanol–water partition coefficient (Wildman–Crippen LogP) is 2.77. The van der Waals surface area contributed by atoms with E-state index < -0.39 is 18.0 Å². The Labute approximate surface area is 162 Å². The second kappa shape index (κ2) is 9.28. The van der Waals surface area contributed by atoms with Crippen molar-refractivity contribution in [1.29, 1.82) is 5.26 Å². The van der Waals surface area contributed by atoms with E-state index in [9.17, 15) is 9.59 Å². The Hall–Kier alpha value is -3.73. The molecule has 0 aliphatic rings. The summed E-state index contributed by atoms with van der Waals surface area (Å²) in [5.74, 6) is -0.431. The number of benzene rings is 2. The van der Waals surface area contributed by atoms with Crippen LogP contribution in [0.2, 0.25) is 0 Å². The smallest absolute Gasteiger partial charge is 0.342 e. The largest absolute Gasteiger partial charge is 0.496 e. The number of para-hydroxylation sites is 1. The number of nitrogens with one attached hydrogen (secondary N) is 1. The van der Waals surface area contributed by atoms with Gasteiger partial charge in [-0.05, 0) is 19.1 Å². The lowest BCUT2D eigenvalue weighted by Crippen LogP contribution is -2.30. The molecule has 8 nitrogen and oxygen atoms in total. The molecule has 0 radical (unpaired) electrons. The van der Waals surface area contributed by atoms with Crippen LogP contribution in [0.15, 0.2) is 36.4 Å². The zero-order chi connectivity index (χ0) is 20.7. The van der Waals surface area contributed by atoms with Crippen molar-refractivity contribution < 1.29 is 28.5 Å². The number of anilines is 1. The van der Waals surface area contributed by atoms with Gasteiger partial charge in [0.15, 0.2) is 17.6 Å². The van der Waals surface area contributed by atoms with Crippen LogP contribution in [0.3, 0.4) is 0 Å². The lowest BCUT2D eigenvalue weighted by atomic mass is 10.1. The minimum atomic E-state index is -1.11. The summed E-state index contributed by atoms with van der Waals surface area (Å²) >= 11 is 0. The highest BCUT2D eigenvalue weighted by Gasteiger charge is 2.24. The van der Waals surface area contributed by atoms with E-state index >= 15 is 0 Å². The Morgan fingerprint density at radius 2 is 1.61 bits per heavy atom. The van der Waals surface area contributed by atoms with Gasteiger partial charge in [0.2, 0.25) is 0 Å². The molecule has 2 aromatic rings. The fraction of sp³-hybridized carbons (Fsp3) is 0.250. The molecule has 0 heterocycles. The number of methoxy groups -OCH3 is 3. The SMILES string of the molecule is COc1cc(OC)c(C(=O)O[C@@H](C)C(=O)Nc2ccccc2C#N)cc1OC. The Kier molecular flexibility index (Phi) is 6.82. The van der Waals surface area contributed by atoms with Gasteiger partial charge < -0.3 is 24.3 Å². The fourth-order valence-corrected chi connectivity index (χ4v) is 2.39. The summed E-state index contributed by atoms with van der Waals surface area (Å²) in [6.45, 7) is 1.43. The maximum Gasteiger partial charge on any atom is 0.342 e. The molecule has 1 atom stereocenters. The van der Waals surface area contributed by atoms with E-state index in [1.54, 1.807) is 24.3 Å². The molecule has 2 rings (SSSR count). The van der Waals surface area contributed by atoms with Gasteiger partial charge in [-0.1, -0.05) is 12.1 Å². The first kappa shape index (κ1) is 20.6. The van der Waals surface area contributed by atoms with Gasteiger partial charge in [0, 0.05) is 12.1 Å². The average Bonchev–Trinajstić information content (AvgIpc) is 2.72. The van der Waals surface area contributed by atoms with Gasteiger partial charge in [0.1, 0.15) is 17.4 Å². The lowest BCUT2D eigenvalue weighted by Gasteiger charge is -2.16. The number of nitriles is 1. The van der Waals surface area contributed by atoms with E-state index in [0.717, 1.165) is 0 Å². The minimum Gasteiger partial charge on any atom is -0.496 e. The molecule has 2 aromatic carbocycles. The number of carbonyl (C=O) groups is 2. The van der Waals surface area contributed by atoms with Crippen LogP contribution >= 0.6 is 0 Å².